The van der Waals surface area contributed by atoms with E-state index in [1.165, 1.54) is 48.7 Å². The molecule has 33 heavy (non-hydrogen) atoms. The highest BCUT2D eigenvalue weighted by Crippen LogP contribution is 2.24. The quantitative estimate of drug-likeness (QED) is 0.371. The van der Waals surface area contributed by atoms with Gasteiger partial charge in [0, 0.05) is 17.1 Å². The Kier molecular flexibility index (Phi) is 7.80. The Hall–Kier alpha value is -3.27. The minimum Gasteiger partial charge on any atom is -0.508 e. The molecule has 0 aromatic heterocycles. The van der Waals surface area contributed by atoms with Crippen LogP contribution in [0.1, 0.15) is 16.7 Å². The van der Waals surface area contributed by atoms with E-state index in [1.807, 2.05) is 6.92 Å². The fourth-order valence-corrected chi connectivity index (χ4v) is 4.47. The lowest BCUT2D eigenvalue weighted by Crippen LogP contribution is -2.39. The molecule has 3 aromatic carbocycles. The predicted octanol–water partition coefficient (Wildman–Crippen LogP) is 3.83. The second-order valence-corrected chi connectivity index (χ2v) is 9.52. The highest BCUT2D eigenvalue weighted by atomic mass is 35.5. The van der Waals surface area contributed by atoms with Crippen LogP contribution in [0.2, 0.25) is 5.02 Å². The van der Waals surface area contributed by atoms with Crippen molar-refractivity contribution in [2.75, 3.05) is 6.54 Å². The van der Waals surface area contributed by atoms with E-state index in [2.05, 4.69) is 10.5 Å². The number of rotatable bonds is 8. The third kappa shape index (κ3) is 6.38. The number of aryl methyl sites for hydroxylation is 1. The number of phenols is 1. The molecule has 2 N–H and O–H groups in total. The van der Waals surface area contributed by atoms with Gasteiger partial charge in [0.1, 0.15) is 11.6 Å². The summed E-state index contributed by atoms with van der Waals surface area (Å²) in [6.45, 7) is 0.747. The molecule has 0 aliphatic heterocycles. The predicted molar refractivity (Wildman–Crippen MR) is 124 cm³/mol. The molecule has 172 valence electrons. The third-order valence-electron chi connectivity index (χ3n) is 4.67. The van der Waals surface area contributed by atoms with Crippen LogP contribution >= 0.6 is 11.6 Å². The van der Waals surface area contributed by atoms with Gasteiger partial charge in [0.05, 0.1) is 17.7 Å². The average Bonchev–Trinajstić information content (AvgIpc) is 2.77. The van der Waals surface area contributed by atoms with Crippen molar-refractivity contribution in [3.05, 3.63) is 94.3 Å². The van der Waals surface area contributed by atoms with Crippen molar-refractivity contribution in [2.45, 2.75) is 18.4 Å². The normalized spacial score (nSPS) is 11.8. The monoisotopic (exact) mass is 489 g/mol. The molecule has 1 amide bonds. The molecule has 0 spiro atoms. The fourth-order valence-electron chi connectivity index (χ4n) is 2.88. The maximum atomic E-state index is 14.4. The summed E-state index contributed by atoms with van der Waals surface area (Å²) in [6.07, 6.45) is 1.34. The molecule has 0 radical (unpaired) electrons. The highest BCUT2D eigenvalue weighted by molar-refractivity contribution is 7.89. The lowest BCUT2D eigenvalue weighted by atomic mass is 10.2. The van der Waals surface area contributed by atoms with Crippen LogP contribution in [-0.2, 0) is 21.4 Å². The van der Waals surface area contributed by atoms with E-state index in [0.717, 1.165) is 9.87 Å². The summed E-state index contributed by atoms with van der Waals surface area (Å²) >= 11 is 6.09. The number of carbonyl (C=O) groups is 1. The van der Waals surface area contributed by atoms with Crippen LogP contribution in [0.3, 0.4) is 0 Å². The second kappa shape index (κ2) is 10.6. The number of sulfonamides is 1. The molecular weight excluding hydrogens is 469 g/mol. The summed E-state index contributed by atoms with van der Waals surface area (Å²) < 4.78 is 41.7. The Balaban J connectivity index is 1.84. The van der Waals surface area contributed by atoms with Gasteiger partial charge in [0.15, 0.2) is 0 Å². The summed E-state index contributed by atoms with van der Waals surface area (Å²) in [5.74, 6) is -1.33. The van der Waals surface area contributed by atoms with Crippen molar-refractivity contribution in [1.29, 1.82) is 0 Å². The number of carbonyl (C=O) groups excluding carboxylic acids is 1. The van der Waals surface area contributed by atoms with Crippen LogP contribution in [0.5, 0.6) is 5.75 Å². The number of phenolic OH excluding ortho intramolecular Hbond substituents is 1. The molecule has 0 unspecified atom stereocenters. The van der Waals surface area contributed by atoms with Gasteiger partial charge in [-0.1, -0.05) is 35.4 Å². The number of benzene rings is 3. The molecule has 0 bridgehead atoms. The van der Waals surface area contributed by atoms with Gasteiger partial charge in [0.25, 0.3) is 5.91 Å². The Morgan fingerprint density at radius 1 is 1.12 bits per heavy atom. The summed E-state index contributed by atoms with van der Waals surface area (Å²) in [7, 11) is -4.16. The van der Waals surface area contributed by atoms with Crippen molar-refractivity contribution in [3.63, 3.8) is 0 Å². The standard InChI is InChI=1S/C23H21ClFN3O4S/c1-16-5-11-19(12-6-16)33(31,32)28(14-20-21(24)3-2-4-22(20)25)15-23(30)27-26-13-17-7-9-18(29)10-8-17/h2-13,29H,14-15H2,1H3,(H,27,30)/b26-13-. The number of halogens is 2. The highest BCUT2D eigenvalue weighted by Gasteiger charge is 2.28. The zero-order valence-corrected chi connectivity index (χ0v) is 19.1. The Labute approximate surface area is 196 Å². The minimum atomic E-state index is -4.16. The first-order chi connectivity index (χ1) is 15.7. The van der Waals surface area contributed by atoms with Gasteiger partial charge < -0.3 is 5.11 Å². The van der Waals surface area contributed by atoms with E-state index in [9.17, 15) is 22.7 Å². The zero-order chi connectivity index (χ0) is 24.0. The van der Waals surface area contributed by atoms with Crippen molar-refractivity contribution in [3.8, 4) is 5.75 Å². The summed E-state index contributed by atoms with van der Waals surface area (Å²) in [6, 6.07) is 16.2. The van der Waals surface area contributed by atoms with E-state index < -0.39 is 34.8 Å². The van der Waals surface area contributed by atoms with Gasteiger partial charge in [-0.15, -0.1) is 0 Å². The van der Waals surface area contributed by atoms with Gasteiger partial charge in [-0.25, -0.2) is 18.2 Å². The lowest BCUT2D eigenvalue weighted by Gasteiger charge is -2.22. The SMILES string of the molecule is Cc1ccc(S(=O)(=O)N(CC(=O)N/N=C\c2ccc(O)cc2)Cc2c(F)cccc2Cl)cc1. The number of hydrazone groups is 1. The van der Waals surface area contributed by atoms with Crippen molar-refractivity contribution in [1.82, 2.24) is 9.73 Å². The number of nitrogens with zero attached hydrogens (tertiary/aromatic N) is 2. The first kappa shape index (κ1) is 24.4. The van der Waals surface area contributed by atoms with Gasteiger partial charge in [-0.3, -0.25) is 4.79 Å². The van der Waals surface area contributed by atoms with E-state index in [1.54, 1.807) is 24.3 Å². The Bertz CT molecular complexity index is 1240. The van der Waals surface area contributed by atoms with Crippen LogP contribution in [0, 0.1) is 12.7 Å². The number of amides is 1. The van der Waals surface area contributed by atoms with Crippen molar-refractivity contribution in [2.24, 2.45) is 5.10 Å². The van der Waals surface area contributed by atoms with E-state index >= 15 is 0 Å². The first-order valence-corrected chi connectivity index (χ1v) is 11.6. The van der Waals surface area contributed by atoms with Crippen LogP contribution in [0.4, 0.5) is 4.39 Å². The van der Waals surface area contributed by atoms with Crippen LogP contribution in [-0.4, -0.2) is 36.5 Å². The third-order valence-corrected chi connectivity index (χ3v) is 6.83. The molecule has 0 fully saturated rings. The van der Waals surface area contributed by atoms with E-state index in [4.69, 9.17) is 11.6 Å². The number of nitrogens with one attached hydrogen (secondary N) is 1. The van der Waals surface area contributed by atoms with Crippen molar-refractivity contribution < 1.29 is 22.7 Å². The van der Waals surface area contributed by atoms with Gasteiger partial charge in [-0.2, -0.15) is 9.41 Å². The minimum absolute atomic E-state index is 0.0408. The number of hydrogen-bond acceptors (Lipinski definition) is 5. The molecule has 0 saturated carbocycles. The second-order valence-electron chi connectivity index (χ2n) is 7.17. The molecule has 0 saturated heterocycles. The zero-order valence-electron chi connectivity index (χ0n) is 17.6. The maximum Gasteiger partial charge on any atom is 0.255 e. The summed E-state index contributed by atoms with van der Waals surface area (Å²) in [4.78, 5) is 12.5. The van der Waals surface area contributed by atoms with Crippen LogP contribution in [0.15, 0.2) is 76.7 Å². The van der Waals surface area contributed by atoms with E-state index in [-0.39, 0.29) is 21.2 Å². The number of aromatic hydroxyl groups is 1. The molecule has 7 nitrogen and oxygen atoms in total. The van der Waals surface area contributed by atoms with Crippen LogP contribution < -0.4 is 5.43 Å². The average molecular weight is 490 g/mol. The molecule has 0 atom stereocenters. The summed E-state index contributed by atoms with van der Waals surface area (Å²) in [5, 5.41) is 13.2. The summed E-state index contributed by atoms with van der Waals surface area (Å²) in [5.41, 5.74) is 3.68. The van der Waals surface area contributed by atoms with Gasteiger partial charge in [-0.05, 0) is 61.0 Å². The lowest BCUT2D eigenvalue weighted by molar-refractivity contribution is -0.121. The molecule has 0 heterocycles. The molecule has 3 rings (SSSR count). The van der Waals surface area contributed by atoms with Gasteiger partial charge in [0.2, 0.25) is 10.0 Å². The molecule has 0 aliphatic carbocycles. The smallest absolute Gasteiger partial charge is 0.255 e. The number of hydrogen-bond donors (Lipinski definition) is 2. The van der Waals surface area contributed by atoms with E-state index in [0.29, 0.717) is 5.56 Å². The van der Waals surface area contributed by atoms with Crippen molar-refractivity contribution >= 4 is 33.7 Å². The Morgan fingerprint density at radius 3 is 2.42 bits per heavy atom. The molecular formula is C23H21ClFN3O4S. The Morgan fingerprint density at radius 2 is 1.79 bits per heavy atom. The maximum absolute atomic E-state index is 14.4. The molecule has 10 heteroatoms. The molecule has 0 aliphatic rings. The largest absolute Gasteiger partial charge is 0.508 e. The van der Waals surface area contributed by atoms with Crippen LogP contribution in [0.25, 0.3) is 0 Å². The topological polar surface area (TPSA) is 99.1 Å². The molecule has 3 aromatic rings. The fraction of sp³-hybridized carbons (Fsp3) is 0.130. The van der Waals surface area contributed by atoms with Gasteiger partial charge >= 0.3 is 0 Å². The first-order valence-electron chi connectivity index (χ1n) is 9.77.